The molecule has 0 bridgehead atoms. The van der Waals surface area contributed by atoms with Crippen molar-refractivity contribution in [2.75, 3.05) is 19.8 Å². The first-order valence-electron chi connectivity index (χ1n) is 8.85. The summed E-state index contributed by atoms with van der Waals surface area (Å²) in [6, 6.07) is 11.4. The number of benzene rings is 1. The van der Waals surface area contributed by atoms with Crippen LogP contribution in [0.3, 0.4) is 0 Å². The zero-order valence-corrected chi connectivity index (χ0v) is 13.6. The number of H-pyrrole nitrogens is 1. The topological polar surface area (TPSA) is 41.1 Å². The number of hydrogen-bond acceptors (Lipinski definition) is 3. The summed E-state index contributed by atoms with van der Waals surface area (Å²) in [5.74, 6) is 1.05. The molecule has 1 saturated heterocycles. The second-order valence-electron chi connectivity index (χ2n) is 6.67. The van der Waals surface area contributed by atoms with E-state index in [9.17, 15) is 0 Å². The Hall–Kier alpha value is -1.65. The van der Waals surface area contributed by atoms with Crippen molar-refractivity contribution in [1.29, 1.82) is 0 Å². The van der Waals surface area contributed by atoms with Gasteiger partial charge in [0.25, 0.3) is 0 Å². The van der Waals surface area contributed by atoms with Crippen LogP contribution >= 0.6 is 0 Å². The molecule has 122 valence electrons. The molecule has 1 atom stereocenters. The molecule has 4 heteroatoms. The van der Waals surface area contributed by atoms with Gasteiger partial charge in [-0.05, 0) is 18.4 Å². The Labute approximate surface area is 137 Å². The lowest BCUT2D eigenvalue weighted by atomic mass is 9.93. The first-order valence-corrected chi connectivity index (χ1v) is 8.85. The molecular formula is C19H25N3O. The second-order valence-corrected chi connectivity index (χ2v) is 6.67. The van der Waals surface area contributed by atoms with Crippen molar-refractivity contribution in [3.63, 3.8) is 0 Å². The Morgan fingerprint density at radius 1 is 1.09 bits per heavy atom. The van der Waals surface area contributed by atoms with Gasteiger partial charge < -0.3 is 9.72 Å². The first kappa shape index (κ1) is 14.9. The van der Waals surface area contributed by atoms with Crippen LogP contribution in [0.4, 0.5) is 0 Å². The van der Waals surface area contributed by atoms with E-state index in [0.717, 1.165) is 31.3 Å². The van der Waals surface area contributed by atoms with Crippen LogP contribution in [0.2, 0.25) is 0 Å². The van der Waals surface area contributed by atoms with Crippen molar-refractivity contribution in [2.45, 2.75) is 44.2 Å². The highest BCUT2D eigenvalue weighted by Gasteiger charge is 2.32. The van der Waals surface area contributed by atoms with Gasteiger partial charge in [0, 0.05) is 12.6 Å². The third-order valence-electron chi connectivity index (χ3n) is 5.21. The summed E-state index contributed by atoms with van der Waals surface area (Å²) < 4.78 is 5.77. The average Bonchev–Trinajstić information content (AvgIpc) is 3.13. The average molecular weight is 311 g/mol. The SMILES string of the molecule is c1ccc(-c2cnc(C3COCCN3C3CCCCC3)[nH]2)cc1. The van der Waals surface area contributed by atoms with E-state index in [1.807, 2.05) is 12.3 Å². The second kappa shape index (κ2) is 6.85. The Morgan fingerprint density at radius 2 is 1.91 bits per heavy atom. The molecule has 0 spiro atoms. The molecule has 1 unspecified atom stereocenters. The number of morpholine rings is 1. The van der Waals surface area contributed by atoms with Crippen molar-refractivity contribution >= 4 is 0 Å². The zero-order chi connectivity index (χ0) is 15.5. The Bertz CT molecular complexity index is 619. The fraction of sp³-hybridized carbons (Fsp3) is 0.526. The smallest absolute Gasteiger partial charge is 0.126 e. The van der Waals surface area contributed by atoms with E-state index >= 15 is 0 Å². The summed E-state index contributed by atoms with van der Waals surface area (Å²) in [5.41, 5.74) is 2.28. The number of imidazole rings is 1. The van der Waals surface area contributed by atoms with Crippen LogP contribution in [0.15, 0.2) is 36.5 Å². The minimum absolute atomic E-state index is 0.268. The maximum Gasteiger partial charge on any atom is 0.126 e. The molecule has 1 saturated carbocycles. The minimum Gasteiger partial charge on any atom is -0.378 e. The van der Waals surface area contributed by atoms with Crippen LogP contribution in [0.5, 0.6) is 0 Å². The normalized spacial score (nSPS) is 23.9. The number of rotatable bonds is 3. The van der Waals surface area contributed by atoms with E-state index in [2.05, 4.69) is 39.1 Å². The van der Waals surface area contributed by atoms with Crippen molar-refractivity contribution < 1.29 is 4.74 Å². The molecule has 1 aromatic carbocycles. The molecule has 4 nitrogen and oxygen atoms in total. The maximum atomic E-state index is 5.77. The van der Waals surface area contributed by atoms with Gasteiger partial charge in [-0.1, -0.05) is 49.6 Å². The van der Waals surface area contributed by atoms with Crippen LogP contribution in [0, 0.1) is 0 Å². The van der Waals surface area contributed by atoms with E-state index in [4.69, 9.17) is 4.74 Å². The van der Waals surface area contributed by atoms with Crippen molar-refractivity contribution in [3.05, 3.63) is 42.4 Å². The molecule has 4 rings (SSSR count). The van der Waals surface area contributed by atoms with Gasteiger partial charge in [0.2, 0.25) is 0 Å². The van der Waals surface area contributed by atoms with E-state index in [1.165, 1.54) is 37.7 Å². The van der Waals surface area contributed by atoms with Crippen molar-refractivity contribution in [2.24, 2.45) is 0 Å². The molecule has 0 radical (unpaired) electrons. The van der Waals surface area contributed by atoms with Crippen LogP contribution in [0.1, 0.15) is 44.0 Å². The lowest BCUT2D eigenvalue weighted by Crippen LogP contribution is -2.46. The van der Waals surface area contributed by atoms with Gasteiger partial charge in [-0.25, -0.2) is 4.98 Å². The third kappa shape index (κ3) is 3.19. The monoisotopic (exact) mass is 311 g/mol. The molecule has 2 aromatic rings. The molecule has 1 aliphatic heterocycles. The number of aromatic nitrogens is 2. The number of nitrogens with one attached hydrogen (secondary N) is 1. The standard InChI is InChI=1S/C19H25N3O/c1-3-7-15(8-4-1)17-13-20-19(21-17)18-14-23-12-11-22(18)16-9-5-2-6-10-16/h1,3-4,7-8,13,16,18H,2,5-6,9-12,14H2,(H,20,21). The van der Waals surface area contributed by atoms with Crippen molar-refractivity contribution in [1.82, 2.24) is 14.9 Å². The first-order chi connectivity index (χ1) is 11.4. The quantitative estimate of drug-likeness (QED) is 0.938. The molecule has 1 aromatic heterocycles. The molecule has 0 amide bonds. The van der Waals surface area contributed by atoms with Gasteiger partial charge in [-0.2, -0.15) is 0 Å². The molecule has 1 aliphatic carbocycles. The van der Waals surface area contributed by atoms with Crippen LogP contribution in [-0.4, -0.2) is 40.7 Å². The Kier molecular flexibility index (Phi) is 4.44. The predicted octanol–water partition coefficient (Wildman–Crippen LogP) is 3.78. The van der Waals surface area contributed by atoms with E-state index in [1.54, 1.807) is 0 Å². The molecular weight excluding hydrogens is 286 g/mol. The lowest BCUT2D eigenvalue weighted by molar-refractivity contribution is -0.0400. The highest BCUT2D eigenvalue weighted by Crippen LogP contribution is 2.32. The Balaban J connectivity index is 1.56. The molecule has 2 heterocycles. The predicted molar refractivity (Wildman–Crippen MR) is 91.2 cm³/mol. The third-order valence-corrected chi connectivity index (χ3v) is 5.21. The molecule has 23 heavy (non-hydrogen) atoms. The van der Waals surface area contributed by atoms with Gasteiger partial charge in [0.05, 0.1) is 31.1 Å². The summed E-state index contributed by atoms with van der Waals surface area (Å²) in [5, 5.41) is 0. The largest absolute Gasteiger partial charge is 0.378 e. The number of aromatic amines is 1. The van der Waals surface area contributed by atoms with Gasteiger partial charge in [-0.15, -0.1) is 0 Å². The molecule has 2 aliphatic rings. The maximum absolute atomic E-state index is 5.77. The van der Waals surface area contributed by atoms with Crippen LogP contribution < -0.4 is 0 Å². The van der Waals surface area contributed by atoms with Gasteiger partial charge in [-0.3, -0.25) is 4.90 Å². The van der Waals surface area contributed by atoms with E-state index < -0.39 is 0 Å². The molecule has 1 N–H and O–H groups in total. The van der Waals surface area contributed by atoms with E-state index in [0.29, 0.717) is 6.04 Å². The lowest BCUT2D eigenvalue weighted by Gasteiger charge is -2.41. The minimum atomic E-state index is 0.268. The number of nitrogens with zero attached hydrogens (tertiary/aromatic N) is 2. The van der Waals surface area contributed by atoms with Crippen LogP contribution in [-0.2, 0) is 4.74 Å². The van der Waals surface area contributed by atoms with Gasteiger partial charge in [0.1, 0.15) is 5.82 Å². The fourth-order valence-corrected chi connectivity index (χ4v) is 3.97. The number of ether oxygens (including phenoxy) is 1. The van der Waals surface area contributed by atoms with Crippen LogP contribution in [0.25, 0.3) is 11.3 Å². The highest BCUT2D eigenvalue weighted by atomic mass is 16.5. The van der Waals surface area contributed by atoms with Gasteiger partial charge in [0.15, 0.2) is 0 Å². The Morgan fingerprint density at radius 3 is 2.74 bits per heavy atom. The van der Waals surface area contributed by atoms with Gasteiger partial charge >= 0.3 is 0 Å². The summed E-state index contributed by atoms with van der Waals surface area (Å²) in [6.45, 7) is 2.62. The molecule has 2 fully saturated rings. The highest BCUT2D eigenvalue weighted by molar-refractivity contribution is 5.58. The summed E-state index contributed by atoms with van der Waals surface area (Å²) in [6.07, 6.45) is 8.72. The number of hydrogen-bond donors (Lipinski definition) is 1. The van der Waals surface area contributed by atoms with E-state index in [-0.39, 0.29) is 6.04 Å². The summed E-state index contributed by atoms with van der Waals surface area (Å²) in [7, 11) is 0. The van der Waals surface area contributed by atoms with Crippen molar-refractivity contribution in [3.8, 4) is 11.3 Å². The summed E-state index contributed by atoms with van der Waals surface area (Å²) >= 11 is 0. The zero-order valence-electron chi connectivity index (χ0n) is 13.6. The summed E-state index contributed by atoms with van der Waals surface area (Å²) in [4.78, 5) is 10.9. The fourth-order valence-electron chi connectivity index (χ4n) is 3.97.